The third kappa shape index (κ3) is 3.91. The molecule has 126 valence electrons. The monoisotopic (exact) mass is 324 g/mol. The number of pyridine rings is 1. The van der Waals surface area contributed by atoms with E-state index in [-0.39, 0.29) is 5.91 Å². The minimum Gasteiger partial charge on any atom is -0.350 e. The van der Waals surface area contributed by atoms with Gasteiger partial charge in [0, 0.05) is 12.6 Å². The van der Waals surface area contributed by atoms with Crippen LogP contribution in [0.25, 0.3) is 11.4 Å². The molecule has 1 aliphatic carbocycles. The third-order valence-corrected chi connectivity index (χ3v) is 4.43. The molecule has 1 fully saturated rings. The predicted octanol–water partition coefficient (Wildman–Crippen LogP) is 3.64. The average Bonchev–Trinajstić information content (AvgIpc) is 3.28. The van der Waals surface area contributed by atoms with Crippen molar-refractivity contribution >= 4 is 5.91 Å². The minimum atomic E-state index is 0.0321. The highest BCUT2D eigenvalue weighted by molar-refractivity contribution is 5.76. The summed E-state index contributed by atoms with van der Waals surface area (Å²) in [5, 5.41) is 7.70. The van der Waals surface area contributed by atoms with Crippen molar-refractivity contribution in [2.24, 2.45) is 0 Å². The lowest BCUT2D eigenvalue weighted by Gasteiger charge is -2.13. The SMILES string of the molecule is C=CCCC(=O)NCc1cc(-c2ccccn2)n(C2CCCC2)n1. The van der Waals surface area contributed by atoms with Crippen LogP contribution in [0, 0.1) is 0 Å². The van der Waals surface area contributed by atoms with Crippen LogP contribution in [0.5, 0.6) is 0 Å². The molecule has 2 aromatic rings. The molecule has 0 unspecified atom stereocenters. The van der Waals surface area contributed by atoms with E-state index in [1.807, 2.05) is 18.2 Å². The maximum atomic E-state index is 11.8. The van der Waals surface area contributed by atoms with Crippen LogP contribution in [-0.2, 0) is 11.3 Å². The van der Waals surface area contributed by atoms with Crippen molar-refractivity contribution in [2.45, 2.75) is 51.1 Å². The number of allylic oxidation sites excluding steroid dienone is 1. The van der Waals surface area contributed by atoms with E-state index in [0.29, 0.717) is 25.4 Å². The topological polar surface area (TPSA) is 59.8 Å². The Bertz CT molecular complexity index is 687. The lowest BCUT2D eigenvalue weighted by Crippen LogP contribution is -2.22. The molecule has 3 rings (SSSR count). The van der Waals surface area contributed by atoms with Crippen LogP contribution in [0.15, 0.2) is 43.1 Å². The molecular formula is C19H24N4O. The van der Waals surface area contributed by atoms with Gasteiger partial charge in [-0.3, -0.25) is 14.5 Å². The molecule has 5 heteroatoms. The van der Waals surface area contributed by atoms with Crippen LogP contribution >= 0.6 is 0 Å². The zero-order valence-corrected chi connectivity index (χ0v) is 13.9. The fraction of sp³-hybridized carbons (Fsp3) is 0.421. The van der Waals surface area contributed by atoms with Crippen molar-refractivity contribution in [1.29, 1.82) is 0 Å². The van der Waals surface area contributed by atoms with E-state index in [1.165, 1.54) is 12.8 Å². The summed E-state index contributed by atoms with van der Waals surface area (Å²) in [6.07, 6.45) is 9.55. The van der Waals surface area contributed by atoms with Crippen LogP contribution in [0.3, 0.4) is 0 Å². The van der Waals surface area contributed by atoms with E-state index in [0.717, 1.165) is 29.9 Å². The quantitative estimate of drug-likeness (QED) is 0.791. The Balaban J connectivity index is 1.78. The first-order valence-corrected chi connectivity index (χ1v) is 8.65. The molecule has 0 aromatic carbocycles. The summed E-state index contributed by atoms with van der Waals surface area (Å²) in [4.78, 5) is 16.3. The molecule has 2 aromatic heterocycles. The Kier molecular flexibility index (Phi) is 5.41. The lowest BCUT2D eigenvalue weighted by molar-refractivity contribution is -0.121. The van der Waals surface area contributed by atoms with Gasteiger partial charge in [0.05, 0.1) is 29.7 Å². The maximum absolute atomic E-state index is 11.8. The number of nitrogens with one attached hydrogen (secondary N) is 1. The molecule has 5 nitrogen and oxygen atoms in total. The van der Waals surface area contributed by atoms with Crippen molar-refractivity contribution in [3.8, 4) is 11.4 Å². The second kappa shape index (κ2) is 7.90. The molecule has 2 heterocycles. The van der Waals surface area contributed by atoms with E-state index in [9.17, 15) is 4.79 Å². The zero-order valence-electron chi connectivity index (χ0n) is 13.9. The fourth-order valence-electron chi connectivity index (χ4n) is 3.17. The Morgan fingerprint density at radius 2 is 2.21 bits per heavy atom. The van der Waals surface area contributed by atoms with Gasteiger partial charge >= 0.3 is 0 Å². The van der Waals surface area contributed by atoms with Gasteiger partial charge in [-0.1, -0.05) is 25.0 Å². The summed E-state index contributed by atoms with van der Waals surface area (Å²) in [5.41, 5.74) is 2.86. The molecule has 1 aliphatic rings. The summed E-state index contributed by atoms with van der Waals surface area (Å²) in [6.45, 7) is 4.09. The highest BCUT2D eigenvalue weighted by Crippen LogP contribution is 2.33. The smallest absolute Gasteiger partial charge is 0.220 e. The number of rotatable bonds is 7. The standard InChI is InChI=1S/C19H24N4O/c1-2-3-11-19(24)21-14-15-13-18(17-10-6-7-12-20-17)23(22-15)16-8-4-5-9-16/h2,6-7,10,12-13,16H,1,3-5,8-9,11,14H2,(H,21,24). The number of amides is 1. The normalized spacial score (nSPS) is 14.7. The predicted molar refractivity (Wildman–Crippen MR) is 94.2 cm³/mol. The van der Waals surface area contributed by atoms with Crippen molar-refractivity contribution in [2.75, 3.05) is 0 Å². The van der Waals surface area contributed by atoms with Gasteiger partial charge in [0.25, 0.3) is 0 Å². The van der Waals surface area contributed by atoms with E-state index in [4.69, 9.17) is 5.10 Å². The van der Waals surface area contributed by atoms with E-state index < -0.39 is 0 Å². The summed E-state index contributed by atoms with van der Waals surface area (Å²) in [7, 11) is 0. The number of carbonyl (C=O) groups excluding carboxylic acids is 1. The first-order valence-electron chi connectivity index (χ1n) is 8.65. The van der Waals surface area contributed by atoms with Crippen molar-refractivity contribution < 1.29 is 4.79 Å². The Morgan fingerprint density at radius 1 is 1.38 bits per heavy atom. The largest absolute Gasteiger partial charge is 0.350 e. The highest BCUT2D eigenvalue weighted by Gasteiger charge is 2.22. The average molecular weight is 324 g/mol. The third-order valence-electron chi connectivity index (χ3n) is 4.43. The molecule has 0 bridgehead atoms. The summed E-state index contributed by atoms with van der Waals surface area (Å²) in [6, 6.07) is 8.40. The van der Waals surface area contributed by atoms with Crippen molar-refractivity contribution in [3.05, 3.63) is 48.8 Å². The minimum absolute atomic E-state index is 0.0321. The Morgan fingerprint density at radius 3 is 2.92 bits per heavy atom. The molecule has 24 heavy (non-hydrogen) atoms. The van der Waals surface area contributed by atoms with E-state index in [1.54, 1.807) is 12.3 Å². The van der Waals surface area contributed by atoms with Gasteiger partial charge in [-0.15, -0.1) is 6.58 Å². The van der Waals surface area contributed by atoms with Crippen LogP contribution in [0.2, 0.25) is 0 Å². The second-order valence-electron chi connectivity index (χ2n) is 6.22. The van der Waals surface area contributed by atoms with E-state index in [2.05, 4.69) is 27.6 Å². The van der Waals surface area contributed by atoms with Crippen LogP contribution < -0.4 is 5.32 Å². The number of nitrogens with zero attached hydrogens (tertiary/aromatic N) is 3. The molecule has 1 amide bonds. The maximum Gasteiger partial charge on any atom is 0.220 e. The molecular weight excluding hydrogens is 300 g/mol. The molecule has 0 saturated heterocycles. The van der Waals surface area contributed by atoms with Gasteiger partial charge in [0.2, 0.25) is 5.91 Å². The van der Waals surface area contributed by atoms with Gasteiger partial charge in [0.15, 0.2) is 0 Å². The van der Waals surface area contributed by atoms with Crippen LogP contribution in [0.1, 0.15) is 50.3 Å². The Labute approximate surface area is 142 Å². The summed E-state index contributed by atoms with van der Waals surface area (Å²) >= 11 is 0. The van der Waals surface area contributed by atoms with Crippen LogP contribution in [-0.4, -0.2) is 20.7 Å². The molecule has 1 N–H and O–H groups in total. The lowest BCUT2D eigenvalue weighted by atomic mass is 10.2. The van der Waals surface area contributed by atoms with E-state index >= 15 is 0 Å². The molecule has 0 spiro atoms. The number of hydrogen-bond acceptors (Lipinski definition) is 3. The van der Waals surface area contributed by atoms with Crippen molar-refractivity contribution in [3.63, 3.8) is 0 Å². The van der Waals surface area contributed by atoms with Gasteiger partial charge < -0.3 is 5.32 Å². The van der Waals surface area contributed by atoms with Gasteiger partial charge in [0.1, 0.15) is 0 Å². The molecule has 1 saturated carbocycles. The fourth-order valence-corrected chi connectivity index (χ4v) is 3.17. The molecule has 0 radical (unpaired) electrons. The summed E-state index contributed by atoms with van der Waals surface area (Å²) < 4.78 is 2.11. The molecule has 0 atom stereocenters. The number of carbonyl (C=O) groups is 1. The van der Waals surface area contributed by atoms with Gasteiger partial charge in [-0.2, -0.15) is 5.10 Å². The van der Waals surface area contributed by atoms with Crippen molar-refractivity contribution in [1.82, 2.24) is 20.1 Å². The number of hydrogen-bond donors (Lipinski definition) is 1. The van der Waals surface area contributed by atoms with Gasteiger partial charge in [-0.05, 0) is 37.5 Å². The van der Waals surface area contributed by atoms with Crippen LogP contribution in [0.4, 0.5) is 0 Å². The first kappa shape index (κ1) is 16.4. The first-order chi connectivity index (χ1) is 11.8. The zero-order chi connectivity index (χ0) is 16.8. The van der Waals surface area contributed by atoms with Gasteiger partial charge in [-0.25, -0.2) is 0 Å². The number of aromatic nitrogens is 3. The molecule has 0 aliphatic heterocycles. The summed E-state index contributed by atoms with van der Waals surface area (Å²) in [5.74, 6) is 0.0321. The second-order valence-corrected chi connectivity index (χ2v) is 6.22. The highest BCUT2D eigenvalue weighted by atomic mass is 16.1. The Hall–Kier alpha value is -2.43.